The Labute approximate surface area is 113 Å². The van der Waals surface area contributed by atoms with E-state index in [0.717, 1.165) is 38.2 Å². The van der Waals surface area contributed by atoms with Crippen LogP contribution < -0.4 is 10.5 Å². The van der Waals surface area contributed by atoms with Crippen LogP contribution in [0.5, 0.6) is 5.75 Å². The molecule has 0 fully saturated rings. The third-order valence-electron chi connectivity index (χ3n) is 3.63. The molecule has 1 heterocycles. The molecule has 2 N–H and O–H groups in total. The number of benzene rings is 1. The smallest absolute Gasteiger partial charge is 0.119 e. The molecule has 1 aromatic heterocycles. The second kappa shape index (κ2) is 5.45. The molecule has 100 valence electrons. The molecule has 0 amide bonds. The molecule has 0 bridgehead atoms. The quantitative estimate of drug-likeness (QED) is 0.836. The highest BCUT2D eigenvalue weighted by molar-refractivity contribution is 5.40. The molecule has 0 spiro atoms. The van der Waals surface area contributed by atoms with E-state index in [1.165, 1.54) is 11.1 Å². The van der Waals surface area contributed by atoms with Crippen molar-refractivity contribution < 1.29 is 4.74 Å². The normalized spacial score (nSPS) is 17.4. The first-order valence-corrected chi connectivity index (χ1v) is 6.80. The van der Waals surface area contributed by atoms with Crippen LogP contribution in [0.25, 0.3) is 0 Å². The van der Waals surface area contributed by atoms with Crippen LogP contribution in [-0.2, 0) is 13.0 Å². The summed E-state index contributed by atoms with van der Waals surface area (Å²) in [7, 11) is 0. The van der Waals surface area contributed by atoms with E-state index >= 15 is 0 Å². The first-order chi connectivity index (χ1) is 9.33. The molecule has 0 unspecified atom stereocenters. The Bertz CT molecular complexity index is 536. The molecule has 1 aliphatic rings. The molecule has 1 aliphatic carbocycles. The van der Waals surface area contributed by atoms with Crippen molar-refractivity contribution in [1.82, 2.24) is 9.55 Å². The van der Waals surface area contributed by atoms with E-state index in [2.05, 4.69) is 21.7 Å². The Balaban J connectivity index is 1.51. The van der Waals surface area contributed by atoms with Crippen LogP contribution in [0.3, 0.4) is 0 Å². The Morgan fingerprint density at radius 1 is 1.42 bits per heavy atom. The van der Waals surface area contributed by atoms with Gasteiger partial charge in [-0.2, -0.15) is 0 Å². The molecule has 0 saturated carbocycles. The molecule has 0 radical (unpaired) electrons. The van der Waals surface area contributed by atoms with Gasteiger partial charge in [0.15, 0.2) is 0 Å². The number of hydrogen-bond donors (Lipinski definition) is 1. The van der Waals surface area contributed by atoms with Gasteiger partial charge in [-0.1, -0.05) is 6.07 Å². The second-order valence-corrected chi connectivity index (χ2v) is 5.01. The molecular formula is C15H19N3O. The van der Waals surface area contributed by atoms with Crippen molar-refractivity contribution in [2.75, 3.05) is 6.61 Å². The summed E-state index contributed by atoms with van der Waals surface area (Å²) in [6, 6.07) is 6.49. The van der Waals surface area contributed by atoms with Gasteiger partial charge in [0.25, 0.3) is 0 Å². The third-order valence-corrected chi connectivity index (χ3v) is 3.63. The highest BCUT2D eigenvalue weighted by Crippen LogP contribution is 2.31. The minimum absolute atomic E-state index is 0.213. The van der Waals surface area contributed by atoms with Crippen molar-refractivity contribution in [1.29, 1.82) is 0 Å². The van der Waals surface area contributed by atoms with Crippen LogP contribution in [0.2, 0.25) is 0 Å². The molecule has 4 nitrogen and oxygen atoms in total. The summed E-state index contributed by atoms with van der Waals surface area (Å²) in [5, 5.41) is 0. The van der Waals surface area contributed by atoms with Gasteiger partial charge in [0.2, 0.25) is 0 Å². The minimum Gasteiger partial charge on any atom is -0.494 e. The second-order valence-electron chi connectivity index (χ2n) is 5.01. The predicted octanol–water partition coefficient (Wildman–Crippen LogP) is 2.30. The minimum atomic E-state index is 0.213. The molecule has 0 aliphatic heterocycles. The van der Waals surface area contributed by atoms with Crippen molar-refractivity contribution in [3.05, 3.63) is 48.0 Å². The van der Waals surface area contributed by atoms with Crippen molar-refractivity contribution in [2.45, 2.75) is 31.8 Å². The zero-order valence-corrected chi connectivity index (χ0v) is 11.0. The molecule has 19 heavy (non-hydrogen) atoms. The van der Waals surface area contributed by atoms with E-state index in [1.807, 2.05) is 18.6 Å². The number of aromatic nitrogens is 2. The zero-order chi connectivity index (χ0) is 13.1. The first-order valence-electron chi connectivity index (χ1n) is 6.80. The van der Waals surface area contributed by atoms with E-state index in [1.54, 1.807) is 6.20 Å². The molecule has 1 aromatic carbocycles. The topological polar surface area (TPSA) is 53.1 Å². The lowest BCUT2D eigenvalue weighted by molar-refractivity contribution is 0.301. The highest BCUT2D eigenvalue weighted by Gasteiger charge is 2.18. The molecule has 3 rings (SSSR count). The van der Waals surface area contributed by atoms with Gasteiger partial charge in [0.1, 0.15) is 5.75 Å². The maximum Gasteiger partial charge on any atom is 0.119 e. The fourth-order valence-electron chi connectivity index (χ4n) is 2.57. The van der Waals surface area contributed by atoms with Crippen LogP contribution in [0.15, 0.2) is 36.9 Å². The van der Waals surface area contributed by atoms with Gasteiger partial charge in [0.05, 0.1) is 12.9 Å². The average Bonchev–Trinajstić information content (AvgIpc) is 3.05. The summed E-state index contributed by atoms with van der Waals surface area (Å²) in [6.45, 7) is 1.67. The highest BCUT2D eigenvalue weighted by atomic mass is 16.5. The van der Waals surface area contributed by atoms with Crippen LogP contribution >= 0.6 is 0 Å². The Morgan fingerprint density at radius 2 is 2.37 bits per heavy atom. The SMILES string of the molecule is N[C@H]1CCc2cc(OCCCn3ccnc3)ccc21. The molecule has 0 saturated heterocycles. The van der Waals surface area contributed by atoms with E-state index in [9.17, 15) is 0 Å². The summed E-state index contributed by atoms with van der Waals surface area (Å²) < 4.78 is 7.85. The summed E-state index contributed by atoms with van der Waals surface area (Å²) in [6.07, 6.45) is 8.70. The van der Waals surface area contributed by atoms with Crippen molar-refractivity contribution >= 4 is 0 Å². The fourth-order valence-corrected chi connectivity index (χ4v) is 2.57. The lowest BCUT2D eigenvalue weighted by Crippen LogP contribution is -2.05. The Morgan fingerprint density at radius 3 is 3.21 bits per heavy atom. The third kappa shape index (κ3) is 2.79. The van der Waals surface area contributed by atoms with Gasteiger partial charge >= 0.3 is 0 Å². The lowest BCUT2D eigenvalue weighted by Gasteiger charge is -2.09. The summed E-state index contributed by atoms with van der Waals surface area (Å²) in [5.41, 5.74) is 8.65. The summed E-state index contributed by atoms with van der Waals surface area (Å²) in [4.78, 5) is 4.02. The van der Waals surface area contributed by atoms with Gasteiger partial charge in [-0.05, 0) is 42.5 Å². The van der Waals surface area contributed by atoms with Crippen molar-refractivity contribution in [3.8, 4) is 5.75 Å². The largest absolute Gasteiger partial charge is 0.494 e. The number of nitrogens with zero attached hydrogens (tertiary/aromatic N) is 2. The molecular weight excluding hydrogens is 238 g/mol. The Hall–Kier alpha value is -1.81. The van der Waals surface area contributed by atoms with Crippen molar-refractivity contribution in [3.63, 3.8) is 0 Å². The van der Waals surface area contributed by atoms with Gasteiger partial charge in [-0.25, -0.2) is 4.98 Å². The van der Waals surface area contributed by atoms with Crippen LogP contribution in [0, 0.1) is 0 Å². The van der Waals surface area contributed by atoms with E-state index < -0.39 is 0 Å². The van der Waals surface area contributed by atoms with Crippen LogP contribution in [-0.4, -0.2) is 16.2 Å². The van der Waals surface area contributed by atoms with E-state index in [0.29, 0.717) is 0 Å². The van der Waals surface area contributed by atoms with E-state index in [4.69, 9.17) is 10.5 Å². The van der Waals surface area contributed by atoms with Gasteiger partial charge in [-0.15, -0.1) is 0 Å². The standard InChI is InChI=1S/C15H19N3O/c16-15-5-2-12-10-13(3-4-14(12)15)19-9-1-7-18-8-6-17-11-18/h3-4,6,8,10-11,15H,1-2,5,7,9,16H2/t15-/m0/s1. The molecule has 1 atom stereocenters. The summed E-state index contributed by atoms with van der Waals surface area (Å²) >= 11 is 0. The van der Waals surface area contributed by atoms with Gasteiger partial charge < -0.3 is 15.0 Å². The number of rotatable bonds is 5. The molecule has 2 aromatic rings. The predicted molar refractivity (Wildman–Crippen MR) is 74.0 cm³/mol. The number of aryl methyl sites for hydroxylation is 2. The zero-order valence-electron chi connectivity index (χ0n) is 11.0. The number of nitrogens with two attached hydrogens (primary N) is 1. The number of imidazole rings is 1. The number of ether oxygens (including phenoxy) is 1. The molecule has 4 heteroatoms. The van der Waals surface area contributed by atoms with Crippen molar-refractivity contribution in [2.24, 2.45) is 5.73 Å². The van der Waals surface area contributed by atoms with Gasteiger partial charge in [-0.3, -0.25) is 0 Å². The Kier molecular flexibility index (Phi) is 3.51. The van der Waals surface area contributed by atoms with E-state index in [-0.39, 0.29) is 6.04 Å². The summed E-state index contributed by atoms with van der Waals surface area (Å²) in [5.74, 6) is 0.957. The maximum atomic E-state index is 6.02. The van der Waals surface area contributed by atoms with Crippen LogP contribution in [0.1, 0.15) is 30.0 Å². The van der Waals surface area contributed by atoms with Crippen LogP contribution in [0.4, 0.5) is 0 Å². The monoisotopic (exact) mass is 257 g/mol. The van der Waals surface area contributed by atoms with Gasteiger partial charge in [0, 0.05) is 25.0 Å². The average molecular weight is 257 g/mol. The number of hydrogen-bond acceptors (Lipinski definition) is 3. The maximum absolute atomic E-state index is 6.02. The first kappa shape index (κ1) is 12.2. The number of fused-ring (bicyclic) bond motifs is 1. The fraction of sp³-hybridized carbons (Fsp3) is 0.400. The lowest BCUT2D eigenvalue weighted by atomic mass is 10.1.